The van der Waals surface area contributed by atoms with E-state index in [1.807, 2.05) is 6.92 Å². The van der Waals surface area contributed by atoms with Crippen molar-refractivity contribution in [1.29, 1.82) is 0 Å². The van der Waals surface area contributed by atoms with Crippen molar-refractivity contribution in [3.8, 4) is 0 Å². The quantitative estimate of drug-likeness (QED) is 0.425. The van der Waals surface area contributed by atoms with Crippen LogP contribution in [0.5, 0.6) is 0 Å². The lowest BCUT2D eigenvalue weighted by atomic mass is 9.32. The number of hydrogen-bond donors (Lipinski definition) is 0. The Bertz CT molecular complexity index is 737. The Kier molecular flexibility index (Phi) is 4.57. The van der Waals surface area contributed by atoms with Crippen molar-refractivity contribution in [3.63, 3.8) is 0 Å². The van der Waals surface area contributed by atoms with E-state index >= 15 is 0 Å². The molecule has 9 atom stereocenters. The van der Waals surface area contributed by atoms with Gasteiger partial charge in [-0.25, -0.2) is 0 Å². The highest BCUT2D eigenvalue weighted by molar-refractivity contribution is 5.79. The third-order valence-corrected chi connectivity index (χ3v) is 13.2. The predicted octanol–water partition coefficient (Wildman–Crippen LogP) is 8.07. The van der Waals surface area contributed by atoms with Crippen LogP contribution in [0.1, 0.15) is 119 Å². The molecular weight excluding hydrogens is 364 g/mol. The maximum absolute atomic E-state index is 12.4. The minimum Gasteiger partial charge on any atom is -0.300 e. The van der Waals surface area contributed by atoms with Gasteiger partial charge in [-0.2, -0.15) is 0 Å². The molecule has 170 valence electrons. The second-order valence-corrected chi connectivity index (χ2v) is 14.4. The van der Waals surface area contributed by atoms with Crippen molar-refractivity contribution in [1.82, 2.24) is 0 Å². The Morgan fingerprint density at radius 2 is 1.23 bits per heavy atom. The molecule has 0 aromatic carbocycles. The van der Waals surface area contributed by atoms with E-state index in [4.69, 9.17) is 0 Å². The van der Waals surface area contributed by atoms with Gasteiger partial charge in [-0.3, -0.25) is 4.79 Å². The van der Waals surface area contributed by atoms with Crippen LogP contribution in [0.15, 0.2) is 0 Å². The second-order valence-electron chi connectivity index (χ2n) is 14.4. The fourth-order valence-electron chi connectivity index (χ4n) is 11.8. The Hall–Kier alpha value is -0.330. The SMILES string of the molecule is CC(=O)[C@@H]1CC[C@]2(C)[C@H]3CC[C@@H]4[C@@]5(C)CCCC(C)(C)[C@H]5CC[C@@]4(C)[C@]3(C)CC[C@@H]12. The van der Waals surface area contributed by atoms with Crippen LogP contribution in [0, 0.1) is 56.7 Å². The zero-order chi connectivity index (χ0) is 21.7. The molecule has 0 N–H and O–H groups in total. The van der Waals surface area contributed by atoms with E-state index in [0.717, 1.165) is 24.2 Å². The van der Waals surface area contributed by atoms with Crippen molar-refractivity contribution < 1.29 is 4.79 Å². The smallest absolute Gasteiger partial charge is 0.133 e. The van der Waals surface area contributed by atoms with Crippen molar-refractivity contribution in [2.75, 3.05) is 0 Å². The van der Waals surface area contributed by atoms with Gasteiger partial charge in [0.2, 0.25) is 0 Å². The highest BCUT2D eigenvalue weighted by atomic mass is 16.1. The summed E-state index contributed by atoms with van der Waals surface area (Å²) in [5.74, 6) is 4.13. The van der Waals surface area contributed by atoms with E-state index in [2.05, 4.69) is 41.5 Å². The molecule has 5 aliphatic rings. The van der Waals surface area contributed by atoms with Crippen LogP contribution in [0.25, 0.3) is 0 Å². The molecule has 0 bridgehead atoms. The lowest BCUT2D eigenvalue weighted by Gasteiger charge is -2.73. The highest BCUT2D eigenvalue weighted by Crippen LogP contribution is 2.77. The van der Waals surface area contributed by atoms with Gasteiger partial charge in [-0.15, -0.1) is 0 Å². The zero-order valence-corrected chi connectivity index (χ0v) is 21.1. The molecule has 5 fully saturated rings. The molecule has 1 heteroatoms. The molecule has 5 aliphatic carbocycles. The first-order valence-corrected chi connectivity index (χ1v) is 13.4. The lowest BCUT2D eigenvalue weighted by Crippen LogP contribution is -2.65. The van der Waals surface area contributed by atoms with Crippen LogP contribution in [0.2, 0.25) is 0 Å². The third-order valence-electron chi connectivity index (χ3n) is 13.2. The summed E-state index contributed by atoms with van der Waals surface area (Å²) in [6.07, 6.45) is 15.3. The minimum atomic E-state index is 0.359. The van der Waals surface area contributed by atoms with Crippen LogP contribution >= 0.6 is 0 Å². The number of Topliss-reactive ketones (excluding diaryl/α,β-unsaturated/α-hetero) is 1. The summed E-state index contributed by atoms with van der Waals surface area (Å²) < 4.78 is 0. The summed E-state index contributed by atoms with van der Waals surface area (Å²) in [4.78, 5) is 12.4. The molecule has 0 heterocycles. The van der Waals surface area contributed by atoms with Gasteiger partial charge < -0.3 is 0 Å². The monoisotopic (exact) mass is 412 g/mol. The normalized spacial score (nSPS) is 57.0. The molecule has 0 aromatic heterocycles. The Balaban J connectivity index is 1.53. The fraction of sp³-hybridized carbons (Fsp3) is 0.966. The maximum Gasteiger partial charge on any atom is 0.133 e. The van der Waals surface area contributed by atoms with Crippen LogP contribution in [-0.4, -0.2) is 5.78 Å². The lowest BCUT2D eigenvalue weighted by molar-refractivity contribution is -0.240. The molecular formula is C29H48O. The molecule has 0 spiro atoms. The van der Waals surface area contributed by atoms with Gasteiger partial charge >= 0.3 is 0 Å². The number of fused-ring (bicyclic) bond motifs is 7. The predicted molar refractivity (Wildman–Crippen MR) is 125 cm³/mol. The van der Waals surface area contributed by atoms with Gasteiger partial charge in [-0.05, 0) is 122 Å². The molecule has 30 heavy (non-hydrogen) atoms. The minimum absolute atomic E-state index is 0.359. The standard InChI is InChI=1S/C29H48O/c1-19(30)20-11-16-26(4)21(20)12-17-28(6)23(26)9-10-24-27(5)15-8-14-25(2,3)22(27)13-18-29(24,28)7/h20-24H,8-18H2,1-7H3/t20-,21-,22+,23+,24+,26-,27-,28+,29+/m0/s1. The van der Waals surface area contributed by atoms with Gasteiger partial charge in [0.25, 0.3) is 0 Å². The van der Waals surface area contributed by atoms with E-state index in [1.165, 1.54) is 64.2 Å². The van der Waals surface area contributed by atoms with Gasteiger partial charge in [0.15, 0.2) is 0 Å². The number of rotatable bonds is 1. The second kappa shape index (κ2) is 6.38. The van der Waals surface area contributed by atoms with E-state index in [0.29, 0.717) is 44.7 Å². The van der Waals surface area contributed by atoms with Gasteiger partial charge in [0, 0.05) is 5.92 Å². The van der Waals surface area contributed by atoms with Crippen LogP contribution in [-0.2, 0) is 4.79 Å². The molecule has 0 aliphatic heterocycles. The maximum atomic E-state index is 12.4. The Morgan fingerprint density at radius 3 is 1.87 bits per heavy atom. The fourth-order valence-corrected chi connectivity index (χ4v) is 11.8. The van der Waals surface area contributed by atoms with Crippen molar-refractivity contribution in [2.45, 2.75) is 119 Å². The topological polar surface area (TPSA) is 17.1 Å². The van der Waals surface area contributed by atoms with Crippen LogP contribution in [0.3, 0.4) is 0 Å². The van der Waals surface area contributed by atoms with E-state index in [-0.39, 0.29) is 0 Å². The molecule has 0 unspecified atom stereocenters. The molecule has 1 nitrogen and oxygen atoms in total. The summed E-state index contributed by atoms with van der Waals surface area (Å²) in [7, 11) is 0. The average molecular weight is 413 g/mol. The summed E-state index contributed by atoms with van der Waals surface area (Å²) in [6.45, 7) is 17.8. The summed E-state index contributed by atoms with van der Waals surface area (Å²) in [5, 5.41) is 0. The Labute approximate surface area is 186 Å². The van der Waals surface area contributed by atoms with E-state index in [1.54, 1.807) is 0 Å². The molecule has 0 radical (unpaired) electrons. The van der Waals surface area contributed by atoms with Crippen LogP contribution < -0.4 is 0 Å². The van der Waals surface area contributed by atoms with Crippen molar-refractivity contribution >= 4 is 5.78 Å². The molecule has 0 amide bonds. The summed E-state index contributed by atoms with van der Waals surface area (Å²) in [5.41, 5.74) is 2.41. The van der Waals surface area contributed by atoms with E-state index in [9.17, 15) is 4.79 Å². The van der Waals surface area contributed by atoms with Crippen molar-refractivity contribution in [3.05, 3.63) is 0 Å². The van der Waals surface area contributed by atoms with Gasteiger partial charge in [0.1, 0.15) is 5.78 Å². The van der Waals surface area contributed by atoms with Crippen LogP contribution in [0.4, 0.5) is 0 Å². The Morgan fingerprint density at radius 1 is 0.633 bits per heavy atom. The molecule has 0 saturated heterocycles. The van der Waals surface area contributed by atoms with Gasteiger partial charge in [0.05, 0.1) is 0 Å². The molecule has 5 saturated carbocycles. The first-order chi connectivity index (χ1) is 13.9. The van der Waals surface area contributed by atoms with E-state index < -0.39 is 0 Å². The summed E-state index contributed by atoms with van der Waals surface area (Å²) >= 11 is 0. The first kappa shape index (κ1) is 21.5. The largest absolute Gasteiger partial charge is 0.300 e. The first-order valence-electron chi connectivity index (χ1n) is 13.4. The number of carbonyl (C=O) groups is 1. The molecule has 0 aromatic rings. The number of hydrogen-bond acceptors (Lipinski definition) is 1. The number of ketones is 1. The third kappa shape index (κ3) is 2.45. The van der Waals surface area contributed by atoms with Gasteiger partial charge in [-0.1, -0.05) is 48.0 Å². The average Bonchev–Trinajstić information content (AvgIpc) is 2.99. The number of carbonyl (C=O) groups excluding carboxylic acids is 1. The highest BCUT2D eigenvalue weighted by Gasteiger charge is 2.70. The van der Waals surface area contributed by atoms with Crippen molar-refractivity contribution in [2.24, 2.45) is 56.7 Å². The zero-order valence-electron chi connectivity index (χ0n) is 21.1. The molecule has 5 rings (SSSR count). The summed E-state index contributed by atoms with van der Waals surface area (Å²) in [6, 6.07) is 0.